The molecule has 5 rings (SSSR count). The number of amides is 1. The fourth-order valence-corrected chi connectivity index (χ4v) is 3.78. The fourth-order valence-electron chi connectivity index (χ4n) is 3.78. The van der Waals surface area contributed by atoms with Gasteiger partial charge in [-0.15, -0.1) is 0 Å². The standard InChI is InChI=1S/C25H22FN7O2/c1-15-7-6-9-20(17(15)3)32-24-18(12-29-32)25(28-14-27-24)33-22(11-16(2)31-33)30-23(34)13-35-21-10-5-4-8-19(21)26/h4-12,14H,13H2,1-3H3,(H,30,34). The van der Waals surface area contributed by atoms with Crippen molar-refractivity contribution >= 4 is 22.8 Å². The molecule has 35 heavy (non-hydrogen) atoms. The van der Waals surface area contributed by atoms with E-state index in [4.69, 9.17) is 4.74 Å². The quantitative estimate of drug-likeness (QED) is 0.401. The molecule has 0 aliphatic carbocycles. The third kappa shape index (κ3) is 4.21. The number of nitrogens with zero attached hydrogens (tertiary/aromatic N) is 6. The Labute approximate surface area is 200 Å². The molecular weight excluding hydrogens is 449 g/mol. The number of fused-ring (bicyclic) bond motifs is 1. The van der Waals surface area contributed by atoms with Gasteiger partial charge in [0.1, 0.15) is 12.1 Å². The predicted octanol–water partition coefficient (Wildman–Crippen LogP) is 4.08. The topological polar surface area (TPSA) is 99.7 Å². The van der Waals surface area contributed by atoms with Gasteiger partial charge in [-0.1, -0.05) is 24.3 Å². The van der Waals surface area contributed by atoms with E-state index in [1.807, 2.05) is 32.0 Å². The van der Waals surface area contributed by atoms with E-state index in [9.17, 15) is 9.18 Å². The van der Waals surface area contributed by atoms with Crippen molar-refractivity contribution in [2.45, 2.75) is 20.8 Å². The zero-order valence-corrected chi connectivity index (χ0v) is 19.4. The first-order valence-corrected chi connectivity index (χ1v) is 10.9. The molecule has 0 unspecified atom stereocenters. The highest BCUT2D eigenvalue weighted by Gasteiger charge is 2.18. The van der Waals surface area contributed by atoms with Crippen LogP contribution in [0.4, 0.5) is 10.2 Å². The van der Waals surface area contributed by atoms with Crippen LogP contribution in [0, 0.1) is 26.6 Å². The van der Waals surface area contributed by atoms with E-state index in [-0.39, 0.29) is 12.4 Å². The van der Waals surface area contributed by atoms with Crippen LogP contribution in [0.25, 0.3) is 22.5 Å². The number of aryl methyl sites for hydroxylation is 2. The minimum absolute atomic E-state index is 0.00343. The van der Waals surface area contributed by atoms with Gasteiger partial charge in [0.15, 0.2) is 29.6 Å². The minimum atomic E-state index is -0.537. The number of anilines is 1. The molecule has 176 valence electrons. The molecule has 3 aromatic heterocycles. The van der Waals surface area contributed by atoms with Crippen molar-refractivity contribution < 1.29 is 13.9 Å². The summed E-state index contributed by atoms with van der Waals surface area (Å²) < 4.78 is 22.4. The third-order valence-electron chi connectivity index (χ3n) is 5.64. The number of carbonyl (C=O) groups is 1. The largest absolute Gasteiger partial charge is 0.481 e. The van der Waals surface area contributed by atoms with Gasteiger partial charge >= 0.3 is 0 Å². The summed E-state index contributed by atoms with van der Waals surface area (Å²) in [6.07, 6.45) is 3.11. The van der Waals surface area contributed by atoms with Crippen molar-refractivity contribution in [3.63, 3.8) is 0 Å². The van der Waals surface area contributed by atoms with Crippen molar-refractivity contribution in [3.8, 4) is 17.3 Å². The zero-order valence-electron chi connectivity index (χ0n) is 19.4. The van der Waals surface area contributed by atoms with E-state index in [0.717, 1.165) is 16.8 Å². The number of para-hydroxylation sites is 1. The number of nitrogens with one attached hydrogen (secondary N) is 1. The molecule has 0 radical (unpaired) electrons. The molecule has 0 aliphatic heterocycles. The first kappa shape index (κ1) is 22.2. The summed E-state index contributed by atoms with van der Waals surface area (Å²) in [5.74, 6) is -0.144. The molecule has 1 N–H and O–H groups in total. The second-order valence-corrected chi connectivity index (χ2v) is 8.06. The maximum Gasteiger partial charge on any atom is 0.263 e. The first-order valence-electron chi connectivity index (χ1n) is 10.9. The summed E-state index contributed by atoms with van der Waals surface area (Å²) in [5, 5.41) is 12.5. The molecule has 2 aromatic carbocycles. The number of hydrogen-bond acceptors (Lipinski definition) is 6. The zero-order chi connectivity index (χ0) is 24.5. The lowest BCUT2D eigenvalue weighted by Crippen LogP contribution is -2.22. The molecule has 0 spiro atoms. The molecule has 9 nitrogen and oxygen atoms in total. The average molecular weight is 471 g/mol. The average Bonchev–Trinajstić information content (AvgIpc) is 3.43. The molecule has 1 amide bonds. The smallest absolute Gasteiger partial charge is 0.263 e. The van der Waals surface area contributed by atoms with Crippen LogP contribution in [-0.2, 0) is 4.79 Å². The predicted molar refractivity (Wildman–Crippen MR) is 129 cm³/mol. The summed E-state index contributed by atoms with van der Waals surface area (Å²) in [4.78, 5) is 21.4. The molecule has 10 heteroatoms. The van der Waals surface area contributed by atoms with Crippen LogP contribution in [0.15, 0.2) is 61.1 Å². The Kier molecular flexibility index (Phi) is 5.69. The molecule has 0 bridgehead atoms. The number of halogens is 1. The Bertz CT molecular complexity index is 1560. The van der Waals surface area contributed by atoms with Crippen LogP contribution in [0.5, 0.6) is 5.75 Å². The second kappa shape index (κ2) is 8.98. The highest BCUT2D eigenvalue weighted by molar-refractivity contribution is 5.92. The maximum absolute atomic E-state index is 13.8. The molecule has 0 fully saturated rings. The summed E-state index contributed by atoms with van der Waals surface area (Å²) in [6, 6.07) is 13.6. The Morgan fingerprint density at radius 3 is 2.71 bits per heavy atom. The molecular formula is C25H22FN7O2. The highest BCUT2D eigenvalue weighted by Crippen LogP contribution is 2.26. The van der Waals surface area contributed by atoms with Gasteiger partial charge in [-0.05, 0) is 50.1 Å². The molecule has 0 aliphatic rings. The summed E-state index contributed by atoms with van der Waals surface area (Å²) in [5.41, 5.74) is 4.43. The van der Waals surface area contributed by atoms with E-state index in [2.05, 4.69) is 25.5 Å². The van der Waals surface area contributed by atoms with Gasteiger partial charge in [0.25, 0.3) is 5.91 Å². The molecule has 0 saturated carbocycles. The number of benzene rings is 2. The lowest BCUT2D eigenvalue weighted by molar-refractivity contribution is -0.118. The summed E-state index contributed by atoms with van der Waals surface area (Å²) >= 11 is 0. The maximum atomic E-state index is 13.8. The van der Waals surface area contributed by atoms with E-state index in [1.54, 1.807) is 36.0 Å². The lowest BCUT2D eigenvalue weighted by Gasteiger charge is -2.11. The van der Waals surface area contributed by atoms with E-state index < -0.39 is 11.7 Å². The Morgan fingerprint density at radius 2 is 1.89 bits per heavy atom. The first-order chi connectivity index (χ1) is 16.9. The van der Waals surface area contributed by atoms with Gasteiger partial charge < -0.3 is 10.1 Å². The van der Waals surface area contributed by atoms with Crippen molar-refractivity contribution in [2.75, 3.05) is 11.9 Å². The summed E-state index contributed by atoms with van der Waals surface area (Å²) in [6.45, 7) is 5.52. The van der Waals surface area contributed by atoms with Crippen LogP contribution >= 0.6 is 0 Å². The van der Waals surface area contributed by atoms with E-state index >= 15 is 0 Å². The molecule has 3 heterocycles. The number of rotatable bonds is 6. The van der Waals surface area contributed by atoms with Crippen LogP contribution in [0.1, 0.15) is 16.8 Å². The van der Waals surface area contributed by atoms with Gasteiger partial charge in [-0.2, -0.15) is 14.9 Å². The fraction of sp³-hybridized carbons (Fsp3) is 0.160. The summed E-state index contributed by atoms with van der Waals surface area (Å²) in [7, 11) is 0. The van der Waals surface area contributed by atoms with Crippen LogP contribution < -0.4 is 10.1 Å². The lowest BCUT2D eigenvalue weighted by atomic mass is 10.1. The molecule has 0 saturated heterocycles. The van der Waals surface area contributed by atoms with Crippen molar-refractivity contribution in [3.05, 3.63) is 83.7 Å². The monoisotopic (exact) mass is 471 g/mol. The number of hydrogen-bond donors (Lipinski definition) is 1. The SMILES string of the molecule is Cc1cc(NC(=O)COc2ccccc2F)n(-c2ncnc3c2cnn3-c2cccc(C)c2C)n1. The van der Waals surface area contributed by atoms with Gasteiger partial charge in [0.05, 0.1) is 23.0 Å². The van der Waals surface area contributed by atoms with Gasteiger partial charge in [-0.25, -0.2) is 19.0 Å². The van der Waals surface area contributed by atoms with Gasteiger partial charge in [-0.3, -0.25) is 4.79 Å². The van der Waals surface area contributed by atoms with Crippen molar-refractivity contribution in [1.29, 1.82) is 0 Å². The van der Waals surface area contributed by atoms with E-state index in [1.165, 1.54) is 23.1 Å². The van der Waals surface area contributed by atoms with Gasteiger partial charge in [0.2, 0.25) is 0 Å². The van der Waals surface area contributed by atoms with Gasteiger partial charge in [0, 0.05) is 6.07 Å². The Balaban J connectivity index is 1.46. The third-order valence-corrected chi connectivity index (χ3v) is 5.64. The molecule has 0 atom stereocenters. The second-order valence-electron chi connectivity index (χ2n) is 8.06. The highest BCUT2D eigenvalue weighted by atomic mass is 19.1. The molecule has 5 aromatic rings. The van der Waals surface area contributed by atoms with Crippen LogP contribution in [0.3, 0.4) is 0 Å². The number of aromatic nitrogens is 6. The minimum Gasteiger partial charge on any atom is -0.481 e. The van der Waals surface area contributed by atoms with E-state index in [0.29, 0.717) is 28.4 Å². The normalized spacial score (nSPS) is 11.1. The Morgan fingerprint density at radius 1 is 1.06 bits per heavy atom. The number of ether oxygens (including phenoxy) is 1. The van der Waals surface area contributed by atoms with Crippen LogP contribution in [0.2, 0.25) is 0 Å². The number of carbonyl (C=O) groups excluding carboxylic acids is 1. The Hall–Kier alpha value is -4.60. The van der Waals surface area contributed by atoms with Crippen molar-refractivity contribution in [2.24, 2.45) is 0 Å². The van der Waals surface area contributed by atoms with Crippen molar-refractivity contribution in [1.82, 2.24) is 29.5 Å². The van der Waals surface area contributed by atoms with Crippen LogP contribution in [-0.4, -0.2) is 42.0 Å².